The van der Waals surface area contributed by atoms with Crippen LogP contribution in [0.5, 0.6) is 0 Å². The summed E-state index contributed by atoms with van der Waals surface area (Å²) >= 11 is 0. The average molecular weight is 263 g/mol. The molecule has 1 aromatic heterocycles. The second-order valence-electron chi connectivity index (χ2n) is 5.88. The molecule has 1 atom stereocenters. The smallest absolute Gasteiger partial charge is 0.293 e. The van der Waals surface area contributed by atoms with E-state index in [-0.39, 0.29) is 5.91 Å². The number of nitrogens with one attached hydrogen (secondary N) is 1. The number of H-pyrrole nitrogens is 1. The monoisotopic (exact) mass is 263 g/mol. The van der Waals surface area contributed by atoms with Crippen LogP contribution in [0, 0.1) is 0 Å². The van der Waals surface area contributed by atoms with Gasteiger partial charge in [0.25, 0.3) is 5.91 Å². The lowest BCUT2D eigenvalue weighted by Crippen LogP contribution is -2.41. The minimum atomic E-state index is -0.0208. The van der Waals surface area contributed by atoms with Crippen molar-refractivity contribution in [3.8, 4) is 0 Å². The lowest BCUT2D eigenvalue weighted by atomic mass is 10.2. The highest BCUT2D eigenvalue weighted by Gasteiger charge is 2.33. The van der Waals surface area contributed by atoms with Gasteiger partial charge in [-0.05, 0) is 39.8 Å². The van der Waals surface area contributed by atoms with Crippen molar-refractivity contribution in [1.29, 1.82) is 0 Å². The van der Waals surface area contributed by atoms with Gasteiger partial charge in [-0.3, -0.25) is 9.89 Å². The molecule has 1 saturated heterocycles. The fraction of sp³-hybridized carbons (Fsp3) is 0.769. The van der Waals surface area contributed by atoms with E-state index in [4.69, 9.17) is 0 Å². The molecule has 0 bridgehead atoms. The molecule has 1 amide bonds. The summed E-state index contributed by atoms with van der Waals surface area (Å²) in [5, 5.41) is 7.00. The van der Waals surface area contributed by atoms with Gasteiger partial charge in [0.15, 0.2) is 0 Å². The third kappa shape index (κ3) is 2.63. The molecule has 19 heavy (non-hydrogen) atoms. The van der Waals surface area contributed by atoms with E-state index in [0.29, 0.717) is 17.8 Å². The molecule has 6 heteroatoms. The van der Waals surface area contributed by atoms with Crippen LogP contribution in [0.25, 0.3) is 0 Å². The Morgan fingerprint density at radius 3 is 2.89 bits per heavy atom. The van der Waals surface area contributed by atoms with Crippen molar-refractivity contribution in [2.24, 2.45) is 0 Å². The standard InChI is InChI=1S/C13H21N5O/c1-17(2)8-10-4-3-7-18(10)13(19)12-14-11(15-16-12)9-5-6-9/h9-10H,3-8H2,1-2H3,(H,14,15,16). The average Bonchev–Trinajstić information content (AvgIpc) is 2.93. The number of carbonyl (C=O) groups excluding carboxylic acids is 1. The molecule has 0 aromatic carbocycles. The van der Waals surface area contributed by atoms with Crippen molar-refractivity contribution in [2.75, 3.05) is 27.2 Å². The molecule has 2 heterocycles. The minimum Gasteiger partial charge on any atom is -0.332 e. The maximum Gasteiger partial charge on any atom is 0.293 e. The summed E-state index contributed by atoms with van der Waals surface area (Å²) in [6.07, 6.45) is 4.47. The Morgan fingerprint density at radius 1 is 1.42 bits per heavy atom. The van der Waals surface area contributed by atoms with Gasteiger partial charge in [0.1, 0.15) is 5.82 Å². The highest BCUT2D eigenvalue weighted by Crippen LogP contribution is 2.37. The summed E-state index contributed by atoms with van der Waals surface area (Å²) in [5.41, 5.74) is 0. The van der Waals surface area contributed by atoms with Gasteiger partial charge in [-0.2, -0.15) is 0 Å². The zero-order valence-corrected chi connectivity index (χ0v) is 11.6. The molecule has 1 aliphatic carbocycles. The molecule has 104 valence electrons. The number of likely N-dealkylation sites (N-methyl/N-ethyl adjacent to an activating group) is 1. The van der Waals surface area contributed by atoms with E-state index in [1.54, 1.807) is 0 Å². The minimum absolute atomic E-state index is 0.0208. The Balaban J connectivity index is 1.70. The van der Waals surface area contributed by atoms with Crippen molar-refractivity contribution in [3.05, 3.63) is 11.6 Å². The van der Waals surface area contributed by atoms with E-state index in [1.165, 1.54) is 0 Å². The van der Waals surface area contributed by atoms with Crippen LogP contribution in [0.15, 0.2) is 0 Å². The van der Waals surface area contributed by atoms with Gasteiger partial charge in [-0.15, -0.1) is 5.10 Å². The van der Waals surface area contributed by atoms with Crippen LogP contribution >= 0.6 is 0 Å². The Morgan fingerprint density at radius 2 is 2.21 bits per heavy atom. The van der Waals surface area contributed by atoms with E-state index in [0.717, 1.165) is 44.6 Å². The largest absolute Gasteiger partial charge is 0.332 e. The van der Waals surface area contributed by atoms with E-state index in [2.05, 4.69) is 20.1 Å². The van der Waals surface area contributed by atoms with Crippen molar-refractivity contribution in [1.82, 2.24) is 25.0 Å². The molecule has 1 aliphatic heterocycles. The maximum absolute atomic E-state index is 12.5. The van der Waals surface area contributed by atoms with Crippen molar-refractivity contribution < 1.29 is 4.79 Å². The Kier molecular flexibility index (Phi) is 3.26. The van der Waals surface area contributed by atoms with Crippen molar-refractivity contribution in [3.63, 3.8) is 0 Å². The van der Waals surface area contributed by atoms with Crippen LogP contribution in [0.4, 0.5) is 0 Å². The number of nitrogens with zero attached hydrogens (tertiary/aromatic N) is 4. The first-order valence-electron chi connectivity index (χ1n) is 7.03. The summed E-state index contributed by atoms with van der Waals surface area (Å²) in [5.74, 6) is 1.71. The third-order valence-electron chi connectivity index (χ3n) is 3.87. The Labute approximate surface area is 113 Å². The summed E-state index contributed by atoms with van der Waals surface area (Å²) in [7, 11) is 4.08. The van der Waals surface area contributed by atoms with E-state index < -0.39 is 0 Å². The van der Waals surface area contributed by atoms with Gasteiger partial charge in [0, 0.05) is 25.0 Å². The zero-order chi connectivity index (χ0) is 13.4. The number of amides is 1. The molecule has 2 fully saturated rings. The molecule has 0 spiro atoms. The van der Waals surface area contributed by atoms with Crippen molar-refractivity contribution >= 4 is 5.91 Å². The van der Waals surface area contributed by atoms with Gasteiger partial charge in [0.05, 0.1) is 0 Å². The first-order chi connectivity index (χ1) is 9.15. The molecular formula is C13H21N5O. The number of carbonyl (C=O) groups is 1. The quantitative estimate of drug-likeness (QED) is 0.874. The lowest BCUT2D eigenvalue weighted by molar-refractivity contribution is 0.0704. The molecule has 1 N–H and O–H groups in total. The van der Waals surface area contributed by atoms with Crippen LogP contribution < -0.4 is 0 Å². The topological polar surface area (TPSA) is 65.1 Å². The number of hydrogen-bond donors (Lipinski definition) is 1. The predicted molar refractivity (Wildman–Crippen MR) is 71.0 cm³/mol. The second-order valence-corrected chi connectivity index (χ2v) is 5.88. The third-order valence-corrected chi connectivity index (χ3v) is 3.87. The fourth-order valence-electron chi connectivity index (χ4n) is 2.75. The normalized spacial score (nSPS) is 23.3. The fourth-order valence-corrected chi connectivity index (χ4v) is 2.75. The lowest BCUT2D eigenvalue weighted by Gasteiger charge is -2.26. The van der Waals surface area contributed by atoms with Crippen LogP contribution in [0.3, 0.4) is 0 Å². The van der Waals surface area contributed by atoms with Crippen LogP contribution in [-0.4, -0.2) is 64.1 Å². The van der Waals surface area contributed by atoms with Gasteiger partial charge in [-0.1, -0.05) is 0 Å². The molecule has 0 radical (unpaired) electrons. The summed E-state index contributed by atoms with van der Waals surface area (Å²) < 4.78 is 0. The number of aromatic nitrogens is 3. The van der Waals surface area contributed by atoms with Gasteiger partial charge >= 0.3 is 0 Å². The van der Waals surface area contributed by atoms with Gasteiger partial charge in [0.2, 0.25) is 5.82 Å². The summed E-state index contributed by atoms with van der Waals surface area (Å²) in [6, 6.07) is 0.297. The van der Waals surface area contributed by atoms with E-state index >= 15 is 0 Å². The van der Waals surface area contributed by atoms with Gasteiger partial charge < -0.3 is 9.80 Å². The number of aromatic amines is 1. The highest BCUT2D eigenvalue weighted by molar-refractivity contribution is 5.90. The zero-order valence-electron chi connectivity index (χ0n) is 11.6. The molecule has 1 saturated carbocycles. The predicted octanol–water partition coefficient (Wildman–Crippen LogP) is 0.848. The highest BCUT2D eigenvalue weighted by atomic mass is 16.2. The van der Waals surface area contributed by atoms with E-state index in [1.807, 2.05) is 19.0 Å². The molecule has 1 unspecified atom stereocenters. The molecule has 6 nitrogen and oxygen atoms in total. The second kappa shape index (κ2) is 4.92. The Hall–Kier alpha value is -1.43. The van der Waals surface area contributed by atoms with Crippen molar-refractivity contribution in [2.45, 2.75) is 37.6 Å². The molecule has 2 aliphatic rings. The van der Waals surface area contributed by atoms with Crippen LogP contribution in [-0.2, 0) is 0 Å². The van der Waals surface area contributed by atoms with E-state index in [9.17, 15) is 4.79 Å². The first-order valence-corrected chi connectivity index (χ1v) is 7.03. The molecule has 3 rings (SSSR count). The number of hydrogen-bond acceptors (Lipinski definition) is 4. The maximum atomic E-state index is 12.5. The van der Waals surface area contributed by atoms with Gasteiger partial charge in [-0.25, -0.2) is 4.98 Å². The summed E-state index contributed by atoms with van der Waals surface area (Å²) in [4.78, 5) is 20.9. The van der Waals surface area contributed by atoms with Crippen LogP contribution in [0.2, 0.25) is 0 Å². The number of likely N-dealkylation sites (tertiary alicyclic amines) is 1. The Bertz CT molecular complexity index is 465. The number of rotatable bonds is 4. The summed E-state index contributed by atoms with van der Waals surface area (Å²) in [6.45, 7) is 1.73. The molecule has 1 aromatic rings. The molecular weight excluding hydrogens is 242 g/mol. The SMILES string of the molecule is CN(C)CC1CCCN1C(=O)c1n[nH]c(C2CC2)n1. The van der Waals surface area contributed by atoms with Crippen LogP contribution in [0.1, 0.15) is 48.0 Å². The first kappa shape index (κ1) is 12.6.